The van der Waals surface area contributed by atoms with E-state index in [0.717, 1.165) is 32.7 Å². The van der Waals surface area contributed by atoms with Crippen LogP contribution in [0.15, 0.2) is 0 Å². The predicted molar refractivity (Wildman–Crippen MR) is 78.2 cm³/mol. The van der Waals surface area contributed by atoms with Gasteiger partial charge in [0.05, 0.1) is 5.54 Å². The summed E-state index contributed by atoms with van der Waals surface area (Å²) < 4.78 is 0. The molecule has 0 aromatic rings. The van der Waals surface area contributed by atoms with Crippen molar-refractivity contribution in [3.63, 3.8) is 0 Å². The zero-order valence-electron chi connectivity index (χ0n) is 12.7. The van der Waals surface area contributed by atoms with Crippen LogP contribution in [-0.4, -0.2) is 60.0 Å². The molecule has 0 radical (unpaired) electrons. The fourth-order valence-electron chi connectivity index (χ4n) is 3.49. The van der Waals surface area contributed by atoms with Gasteiger partial charge in [0.25, 0.3) is 0 Å². The number of nitrogens with one attached hydrogen (secondary N) is 1. The number of rotatable bonds is 4. The van der Waals surface area contributed by atoms with E-state index in [-0.39, 0.29) is 5.54 Å². The fraction of sp³-hybridized carbons (Fsp3) is 0.933. The smallest absolute Gasteiger partial charge is 0.242 e. The zero-order valence-corrected chi connectivity index (χ0v) is 12.7. The van der Waals surface area contributed by atoms with Crippen molar-refractivity contribution < 1.29 is 4.79 Å². The van der Waals surface area contributed by atoms with Crippen LogP contribution in [0.5, 0.6) is 0 Å². The predicted octanol–water partition coefficient (Wildman–Crippen LogP) is 1.46. The maximum absolute atomic E-state index is 12.9. The third kappa shape index (κ3) is 3.11. The normalized spacial score (nSPS) is 22.7. The van der Waals surface area contributed by atoms with E-state index >= 15 is 0 Å². The van der Waals surface area contributed by atoms with E-state index in [1.54, 1.807) is 0 Å². The maximum atomic E-state index is 12.9. The Bertz CT molecular complexity index is 305. The lowest BCUT2D eigenvalue weighted by molar-refractivity contribution is -0.145. The van der Waals surface area contributed by atoms with E-state index in [2.05, 4.69) is 35.9 Å². The highest BCUT2D eigenvalue weighted by atomic mass is 16.2. The molecule has 0 spiro atoms. The molecule has 0 unspecified atom stereocenters. The van der Waals surface area contributed by atoms with Crippen molar-refractivity contribution in [1.82, 2.24) is 15.1 Å². The molecule has 1 N–H and O–H groups in total. The van der Waals surface area contributed by atoms with E-state index in [4.69, 9.17) is 0 Å². The van der Waals surface area contributed by atoms with Gasteiger partial charge in [-0.3, -0.25) is 9.69 Å². The molecule has 0 atom stereocenters. The van der Waals surface area contributed by atoms with Crippen LogP contribution < -0.4 is 5.32 Å². The molecule has 110 valence electrons. The number of nitrogens with zero attached hydrogens (tertiary/aromatic N) is 2. The molecule has 1 aliphatic heterocycles. The molecule has 1 saturated carbocycles. The molecule has 1 aliphatic carbocycles. The topological polar surface area (TPSA) is 35.6 Å². The first-order chi connectivity index (χ1) is 9.07. The summed E-state index contributed by atoms with van der Waals surface area (Å²) in [5, 5.41) is 3.36. The lowest BCUT2D eigenvalue weighted by Crippen LogP contribution is -2.61. The molecule has 2 aliphatic rings. The van der Waals surface area contributed by atoms with Crippen LogP contribution in [0.1, 0.15) is 46.5 Å². The first-order valence-electron chi connectivity index (χ1n) is 7.84. The van der Waals surface area contributed by atoms with Gasteiger partial charge in [0, 0.05) is 38.8 Å². The molecule has 0 aromatic heterocycles. The van der Waals surface area contributed by atoms with Crippen LogP contribution in [0, 0.1) is 0 Å². The van der Waals surface area contributed by atoms with Crippen LogP contribution in [0.3, 0.4) is 0 Å². The number of amides is 1. The molecule has 2 rings (SSSR count). The number of carbonyl (C=O) groups excluding carboxylic acids is 1. The number of hydrogen-bond acceptors (Lipinski definition) is 3. The average Bonchev–Trinajstić information content (AvgIpc) is 2.94. The van der Waals surface area contributed by atoms with E-state index < -0.39 is 0 Å². The van der Waals surface area contributed by atoms with Crippen molar-refractivity contribution in [3.05, 3.63) is 0 Å². The second kappa shape index (κ2) is 6.23. The third-order valence-electron chi connectivity index (χ3n) is 4.80. The first-order valence-corrected chi connectivity index (χ1v) is 7.84. The van der Waals surface area contributed by atoms with Gasteiger partial charge < -0.3 is 10.2 Å². The summed E-state index contributed by atoms with van der Waals surface area (Å²) in [6.45, 7) is 11.1. The summed E-state index contributed by atoms with van der Waals surface area (Å²) in [6.07, 6.45) is 4.94. The Morgan fingerprint density at radius 2 is 1.84 bits per heavy atom. The molecule has 1 amide bonds. The summed E-state index contributed by atoms with van der Waals surface area (Å²) >= 11 is 0. The van der Waals surface area contributed by atoms with Gasteiger partial charge in [-0.05, 0) is 33.6 Å². The molecule has 4 heteroatoms. The van der Waals surface area contributed by atoms with E-state index in [1.807, 2.05) is 0 Å². The van der Waals surface area contributed by atoms with Crippen molar-refractivity contribution in [3.8, 4) is 0 Å². The Morgan fingerprint density at radius 1 is 1.26 bits per heavy atom. The highest BCUT2D eigenvalue weighted by Gasteiger charge is 2.40. The summed E-state index contributed by atoms with van der Waals surface area (Å²) in [4.78, 5) is 17.4. The largest absolute Gasteiger partial charge is 0.338 e. The quantitative estimate of drug-likeness (QED) is 0.837. The fourth-order valence-corrected chi connectivity index (χ4v) is 3.49. The number of piperazine rings is 1. The van der Waals surface area contributed by atoms with Crippen molar-refractivity contribution >= 4 is 5.91 Å². The molecular formula is C15H29N3O. The number of carbonyl (C=O) groups is 1. The van der Waals surface area contributed by atoms with Gasteiger partial charge in [-0.2, -0.15) is 0 Å². The standard InChI is InChI=1S/C15H29N3O/c1-4-18(13-7-5-6-8-13)14(19)15(2,3)17-11-9-16-10-12-17/h13,16H,4-12H2,1-3H3. The SMILES string of the molecule is CCN(C(=O)C(C)(C)N1CCNCC1)C1CCCC1. The monoisotopic (exact) mass is 267 g/mol. The third-order valence-corrected chi connectivity index (χ3v) is 4.80. The van der Waals surface area contributed by atoms with Gasteiger partial charge in [0.2, 0.25) is 5.91 Å². The molecular weight excluding hydrogens is 238 g/mol. The van der Waals surface area contributed by atoms with Crippen LogP contribution in [0.2, 0.25) is 0 Å². The highest BCUT2D eigenvalue weighted by molar-refractivity contribution is 5.85. The van der Waals surface area contributed by atoms with Crippen LogP contribution in [0.25, 0.3) is 0 Å². The first kappa shape index (κ1) is 14.8. The molecule has 4 nitrogen and oxygen atoms in total. The van der Waals surface area contributed by atoms with Crippen LogP contribution >= 0.6 is 0 Å². The van der Waals surface area contributed by atoms with Gasteiger partial charge >= 0.3 is 0 Å². The Hall–Kier alpha value is -0.610. The Kier molecular flexibility index (Phi) is 4.85. The number of hydrogen-bond donors (Lipinski definition) is 1. The van der Waals surface area contributed by atoms with Gasteiger partial charge in [-0.1, -0.05) is 12.8 Å². The minimum absolute atomic E-state index is 0.323. The summed E-state index contributed by atoms with van der Waals surface area (Å²) in [7, 11) is 0. The summed E-state index contributed by atoms with van der Waals surface area (Å²) in [6, 6.07) is 0.486. The summed E-state index contributed by atoms with van der Waals surface area (Å²) in [5.41, 5.74) is -0.360. The van der Waals surface area contributed by atoms with Crippen LogP contribution in [-0.2, 0) is 4.79 Å². The minimum atomic E-state index is -0.360. The Labute approximate surface area is 117 Å². The second-order valence-corrected chi connectivity index (χ2v) is 6.33. The van der Waals surface area contributed by atoms with Crippen molar-refractivity contribution in [2.75, 3.05) is 32.7 Å². The Balaban J connectivity index is 2.05. The lowest BCUT2D eigenvalue weighted by atomic mass is 9.98. The molecule has 2 fully saturated rings. The zero-order chi connectivity index (χ0) is 13.9. The van der Waals surface area contributed by atoms with Gasteiger partial charge in [-0.25, -0.2) is 0 Å². The molecule has 0 aromatic carbocycles. The molecule has 19 heavy (non-hydrogen) atoms. The van der Waals surface area contributed by atoms with Crippen molar-refractivity contribution in [1.29, 1.82) is 0 Å². The Morgan fingerprint density at radius 3 is 2.37 bits per heavy atom. The van der Waals surface area contributed by atoms with Crippen LogP contribution in [0.4, 0.5) is 0 Å². The van der Waals surface area contributed by atoms with Gasteiger partial charge in [0.15, 0.2) is 0 Å². The van der Waals surface area contributed by atoms with Crippen molar-refractivity contribution in [2.24, 2.45) is 0 Å². The number of likely N-dealkylation sites (N-methyl/N-ethyl adjacent to an activating group) is 1. The maximum Gasteiger partial charge on any atom is 0.242 e. The van der Waals surface area contributed by atoms with E-state index in [0.29, 0.717) is 11.9 Å². The van der Waals surface area contributed by atoms with E-state index in [9.17, 15) is 4.79 Å². The molecule has 1 saturated heterocycles. The highest BCUT2D eigenvalue weighted by Crippen LogP contribution is 2.27. The molecule has 0 bridgehead atoms. The van der Waals surface area contributed by atoms with Crippen molar-refractivity contribution in [2.45, 2.75) is 58.0 Å². The second-order valence-electron chi connectivity index (χ2n) is 6.33. The van der Waals surface area contributed by atoms with Gasteiger partial charge in [0.1, 0.15) is 0 Å². The minimum Gasteiger partial charge on any atom is -0.338 e. The van der Waals surface area contributed by atoms with E-state index in [1.165, 1.54) is 25.7 Å². The summed E-state index contributed by atoms with van der Waals surface area (Å²) in [5.74, 6) is 0.323. The average molecular weight is 267 g/mol. The van der Waals surface area contributed by atoms with Gasteiger partial charge in [-0.15, -0.1) is 0 Å². The lowest BCUT2D eigenvalue weighted by Gasteiger charge is -2.43. The molecule has 1 heterocycles.